The predicted molar refractivity (Wildman–Crippen MR) is 77.2 cm³/mol. The van der Waals surface area contributed by atoms with Gasteiger partial charge in [-0.1, -0.05) is 0 Å². The largest absolute Gasteiger partial charge is 0.358 e. The van der Waals surface area contributed by atoms with Gasteiger partial charge in [0, 0.05) is 39.8 Å². The molecule has 0 saturated carbocycles. The number of piperidine rings is 1. The van der Waals surface area contributed by atoms with Crippen molar-refractivity contribution in [3.8, 4) is 0 Å². The van der Waals surface area contributed by atoms with Gasteiger partial charge in [-0.15, -0.1) is 0 Å². The Kier molecular flexibility index (Phi) is 5.60. The first-order valence-corrected chi connectivity index (χ1v) is 7.51. The number of carbonyl (C=O) groups is 1. The molecule has 2 aliphatic rings. The molecule has 2 fully saturated rings. The molecule has 110 valence electrons. The van der Waals surface area contributed by atoms with Crippen molar-refractivity contribution in [1.82, 2.24) is 20.0 Å². The normalized spacial score (nSPS) is 24.5. The highest BCUT2D eigenvalue weighted by molar-refractivity contribution is 5.77. The molecule has 19 heavy (non-hydrogen) atoms. The van der Waals surface area contributed by atoms with Gasteiger partial charge in [-0.25, -0.2) is 0 Å². The molecule has 0 aliphatic carbocycles. The lowest BCUT2D eigenvalue weighted by molar-refractivity contribution is -0.122. The second kappa shape index (κ2) is 7.22. The van der Waals surface area contributed by atoms with Gasteiger partial charge in [0.25, 0.3) is 0 Å². The van der Waals surface area contributed by atoms with Crippen LogP contribution in [0.15, 0.2) is 0 Å². The first-order valence-electron chi connectivity index (χ1n) is 7.51. The lowest BCUT2D eigenvalue weighted by Gasteiger charge is -2.37. The monoisotopic (exact) mass is 268 g/mol. The first-order chi connectivity index (χ1) is 9.17. The summed E-state index contributed by atoms with van der Waals surface area (Å²) < 4.78 is 0. The van der Waals surface area contributed by atoms with E-state index >= 15 is 0 Å². The molecule has 2 rings (SSSR count). The quantitative estimate of drug-likeness (QED) is 0.759. The van der Waals surface area contributed by atoms with E-state index in [1.807, 2.05) is 0 Å². The van der Waals surface area contributed by atoms with Crippen LogP contribution in [0.2, 0.25) is 0 Å². The third kappa shape index (κ3) is 4.75. The van der Waals surface area contributed by atoms with E-state index in [4.69, 9.17) is 0 Å². The molecule has 0 bridgehead atoms. The molecule has 0 unspecified atom stereocenters. The maximum Gasteiger partial charge on any atom is 0.233 e. The predicted octanol–water partition coefficient (Wildman–Crippen LogP) is -0.308. The molecule has 0 aromatic rings. The minimum Gasteiger partial charge on any atom is -0.358 e. The van der Waals surface area contributed by atoms with Crippen LogP contribution in [0.3, 0.4) is 0 Å². The molecule has 0 aromatic heterocycles. The van der Waals surface area contributed by atoms with E-state index in [9.17, 15) is 4.79 Å². The average Bonchev–Trinajstić information content (AvgIpc) is 2.43. The second-order valence-electron chi connectivity index (χ2n) is 6.00. The Morgan fingerprint density at radius 1 is 1.05 bits per heavy atom. The molecule has 5 nitrogen and oxygen atoms in total. The van der Waals surface area contributed by atoms with Crippen LogP contribution in [0.4, 0.5) is 0 Å². The zero-order valence-electron chi connectivity index (χ0n) is 12.4. The summed E-state index contributed by atoms with van der Waals surface area (Å²) in [5.74, 6) is 0.960. The number of nitrogens with zero attached hydrogens (tertiary/aromatic N) is 3. The molecule has 0 atom stereocenters. The van der Waals surface area contributed by atoms with Crippen LogP contribution in [0.1, 0.15) is 12.8 Å². The lowest BCUT2D eigenvalue weighted by atomic mass is 9.96. The number of amides is 1. The van der Waals surface area contributed by atoms with Gasteiger partial charge in [-0.3, -0.25) is 9.69 Å². The van der Waals surface area contributed by atoms with Gasteiger partial charge in [-0.2, -0.15) is 0 Å². The van der Waals surface area contributed by atoms with Gasteiger partial charge in [0.1, 0.15) is 0 Å². The SMILES string of the molecule is CNC(=O)CN1CCC(CN2CCN(C)CC2)CC1. The van der Waals surface area contributed by atoms with E-state index in [2.05, 4.69) is 27.1 Å². The zero-order chi connectivity index (χ0) is 13.7. The van der Waals surface area contributed by atoms with Crippen molar-refractivity contribution in [2.45, 2.75) is 12.8 Å². The molecule has 2 saturated heterocycles. The van der Waals surface area contributed by atoms with Crippen LogP contribution >= 0.6 is 0 Å². The summed E-state index contributed by atoms with van der Waals surface area (Å²) in [7, 11) is 3.91. The number of likely N-dealkylation sites (tertiary alicyclic amines) is 1. The van der Waals surface area contributed by atoms with Gasteiger partial charge in [-0.05, 0) is 38.9 Å². The number of rotatable bonds is 4. The van der Waals surface area contributed by atoms with Crippen molar-refractivity contribution >= 4 is 5.91 Å². The van der Waals surface area contributed by atoms with Crippen LogP contribution in [0.25, 0.3) is 0 Å². The maximum atomic E-state index is 11.3. The van der Waals surface area contributed by atoms with Gasteiger partial charge < -0.3 is 15.1 Å². The summed E-state index contributed by atoms with van der Waals surface area (Å²) in [4.78, 5) is 18.6. The Morgan fingerprint density at radius 2 is 1.68 bits per heavy atom. The Labute approximate surface area is 116 Å². The lowest BCUT2D eigenvalue weighted by Crippen LogP contribution is -2.48. The van der Waals surface area contributed by atoms with Crippen LogP contribution in [0, 0.1) is 5.92 Å². The summed E-state index contributed by atoms with van der Waals surface area (Å²) in [6.07, 6.45) is 2.48. The van der Waals surface area contributed by atoms with E-state index in [1.165, 1.54) is 45.6 Å². The highest BCUT2D eigenvalue weighted by Crippen LogP contribution is 2.18. The summed E-state index contributed by atoms with van der Waals surface area (Å²) in [5.41, 5.74) is 0. The minimum atomic E-state index is 0.137. The van der Waals surface area contributed by atoms with E-state index in [1.54, 1.807) is 7.05 Å². The molecule has 2 heterocycles. The van der Waals surface area contributed by atoms with Crippen molar-refractivity contribution in [2.75, 3.05) is 66.5 Å². The molecular weight excluding hydrogens is 240 g/mol. The van der Waals surface area contributed by atoms with Crippen LogP contribution in [-0.4, -0.2) is 87.1 Å². The van der Waals surface area contributed by atoms with Gasteiger partial charge in [0.2, 0.25) is 5.91 Å². The standard InChI is InChI=1S/C14H28N4O/c1-15-14(19)12-17-5-3-13(4-6-17)11-18-9-7-16(2)8-10-18/h13H,3-12H2,1-2H3,(H,15,19). The summed E-state index contributed by atoms with van der Waals surface area (Å²) in [6, 6.07) is 0. The van der Waals surface area contributed by atoms with E-state index in [-0.39, 0.29) is 5.91 Å². The summed E-state index contributed by atoms with van der Waals surface area (Å²) in [5, 5.41) is 2.70. The van der Waals surface area contributed by atoms with Gasteiger partial charge >= 0.3 is 0 Å². The first kappa shape index (κ1) is 14.8. The minimum absolute atomic E-state index is 0.137. The van der Waals surface area contributed by atoms with E-state index in [0.717, 1.165) is 19.0 Å². The van der Waals surface area contributed by atoms with Crippen molar-refractivity contribution in [2.24, 2.45) is 5.92 Å². The van der Waals surface area contributed by atoms with Crippen molar-refractivity contribution in [3.05, 3.63) is 0 Å². The highest BCUT2D eigenvalue weighted by Gasteiger charge is 2.23. The third-order valence-electron chi connectivity index (χ3n) is 4.47. The number of nitrogens with one attached hydrogen (secondary N) is 1. The van der Waals surface area contributed by atoms with Gasteiger partial charge in [0.15, 0.2) is 0 Å². The zero-order valence-corrected chi connectivity index (χ0v) is 12.4. The van der Waals surface area contributed by atoms with Crippen LogP contribution < -0.4 is 5.32 Å². The van der Waals surface area contributed by atoms with Crippen LogP contribution in [0.5, 0.6) is 0 Å². The van der Waals surface area contributed by atoms with E-state index < -0.39 is 0 Å². The molecule has 1 amide bonds. The number of carbonyl (C=O) groups excluding carboxylic acids is 1. The smallest absolute Gasteiger partial charge is 0.233 e. The van der Waals surface area contributed by atoms with Crippen molar-refractivity contribution in [3.63, 3.8) is 0 Å². The number of likely N-dealkylation sites (N-methyl/N-ethyl adjacent to an activating group) is 2. The van der Waals surface area contributed by atoms with Crippen molar-refractivity contribution < 1.29 is 4.79 Å². The fourth-order valence-electron chi connectivity index (χ4n) is 3.00. The average molecular weight is 268 g/mol. The molecule has 0 radical (unpaired) electrons. The third-order valence-corrected chi connectivity index (χ3v) is 4.47. The summed E-state index contributed by atoms with van der Waals surface area (Å²) >= 11 is 0. The summed E-state index contributed by atoms with van der Waals surface area (Å²) in [6.45, 7) is 8.81. The molecular formula is C14H28N4O. The number of piperazine rings is 1. The Morgan fingerprint density at radius 3 is 2.26 bits per heavy atom. The van der Waals surface area contributed by atoms with E-state index in [0.29, 0.717) is 6.54 Å². The topological polar surface area (TPSA) is 38.8 Å². The highest BCUT2D eigenvalue weighted by atomic mass is 16.1. The maximum absolute atomic E-state index is 11.3. The van der Waals surface area contributed by atoms with Gasteiger partial charge in [0.05, 0.1) is 6.54 Å². The second-order valence-corrected chi connectivity index (χ2v) is 6.00. The Bertz CT molecular complexity index is 281. The molecule has 2 aliphatic heterocycles. The fraction of sp³-hybridized carbons (Fsp3) is 0.929. The fourth-order valence-corrected chi connectivity index (χ4v) is 3.00. The number of hydrogen-bond donors (Lipinski definition) is 1. The van der Waals surface area contributed by atoms with Crippen molar-refractivity contribution in [1.29, 1.82) is 0 Å². The van der Waals surface area contributed by atoms with Crippen LogP contribution in [-0.2, 0) is 4.79 Å². The molecule has 0 spiro atoms. The number of hydrogen-bond acceptors (Lipinski definition) is 4. The Balaban J connectivity index is 1.64. The molecule has 5 heteroatoms. The Hall–Kier alpha value is -0.650. The molecule has 0 aromatic carbocycles. The molecule has 1 N–H and O–H groups in total.